The second-order valence-corrected chi connectivity index (χ2v) is 9.83. The van der Waals surface area contributed by atoms with Gasteiger partial charge in [-0.2, -0.15) is 0 Å². The molecule has 0 aliphatic rings. The molecule has 0 aliphatic carbocycles. The summed E-state index contributed by atoms with van der Waals surface area (Å²) in [5.41, 5.74) is 3.67. The largest absolute Gasteiger partial charge is 0.460 e. The van der Waals surface area contributed by atoms with Crippen LogP contribution in [0.5, 0.6) is 0 Å². The first-order valence-electron chi connectivity index (χ1n) is 13.5. The molecule has 2 amide bonds. The van der Waals surface area contributed by atoms with Gasteiger partial charge in [-0.1, -0.05) is 36.4 Å². The Balaban J connectivity index is 1.12. The Hall–Kier alpha value is -5.24. The summed E-state index contributed by atoms with van der Waals surface area (Å²) in [6, 6.07) is 26.0. The summed E-state index contributed by atoms with van der Waals surface area (Å²) in [5, 5.41) is 7.48. The van der Waals surface area contributed by atoms with Gasteiger partial charge in [0.15, 0.2) is 11.5 Å². The monoisotopic (exact) mass is 544 g/mol. The average molecular weight is 545 g/mol. The normalized spacial score (nSPS) is 11.2. The number of carbonyl (C=O) groups excluding carboxylic acids is 2. The van der Waals surface area contributed by atoms with Crippen molar-refractivity contribution in [2.75, 3.05) is 13.1 Å². The smallest absolute Gasteiger partial charge is 0.252 e. The maximum Gasteiger partial charge on any atom is 0.252 e. The zero-order chi connectivity index (χ0) is 28.3. The van der Waals surface area contributed by atoms with E-state index in [1.807, 2.05) is 86.6 Å². The number of aryl methyl sites for hydroxylation is 2. The van der Waals surface area contributed by atoms with Crippen LogP contribution in [0.1, 0.15) is 38.7 Å². The van der Waals surface area contributed by atoms with Gasteiger partial charge in [0.25, 0.3) is 11.8 Å². The number of hydrogen-bond donors (Lipinski definition) is 2. The molecule has 0 saturated heterocycles. The van der Waals surface area contributed by atoms with Crippen molar-refractivity contribution < 1.29 is 18.4 Å². The van der Waals surface area contributed by atoms with E-state index in [2.05, 4.69) is 20.6 Å². The summed E-state index contributed by atoms with van der Waals surface area (Å²) in [6.07, 6.45) is 0.554. The van der Waals surface area contributed by atoms with E-state index in [0.717, 1.165) is 22.3 Å². The van der Waals surface area contributed by atoms with Crippen LogP contribution in [-0.4, -0.2) is 34.9 Å². The van der Waals surface area contributed by atoms with Crippen molar-refractivity contribution in [3.63, 3.8) is 0 Å². The number of carbonyl (C=O) groups is 2. The van der Waals surface area contributed by atoms with Crippen LogP contribution in [0.15, 0.2) is 93.8 Å². The first-order valence-corrected chi connectivity index (χ1v) is 13.5. The second-order valence-electron chi connectivity index (χ2n) is 9.83. The van der Waals surface area contributed by atoms with Crippen LogP contribution >= 0.6 is 0 Å². The van der Waals surface area contributed by atoms with E-state index < -0.39 is 0 Å². The van der Waals surface area contributed by atoms with Crippen LogP contribution in [0.3, 0.4) is 0 Å². The lowest BCUT2D eigenvalue weighted by molar-refractivity contribution is 0.0953. The van der Waals surface area contributed by atoms with Gasteiger partial charge in [-0.25, -0.2) is 9.97 Å². The van der Waals surface area contributed by atoms with Gasteiger partial charge in [0.2, 0.25) is 0 Å². The van der Waals surface area contributed by atoms with Crippen molar-refractivity contribution in [1.29, 1.82) is 0 Å². The standard InChI is InChI=1S/C33H28N4O4/c1-20-12-14-30(40-20)28-18-24(22-8-3-5-10-26(22)36-28)32(38)34-16-7-17-35-33(39)25-19-29(31-15-13-21(2)41-31)37-27-11-6-4-9-23(25)27/h3-6,8-15,18-19H,7,16-17H2,1-2H3,(H,34,38)(H,35,39). The van der Waals surface area contributed by atoms with E-state index in [0.29, 0.717) is 64.6 Å². The van der Waals surface area contributed by atoms with Crippen molar-refractivity contribution in [3.05, 3.63) is 108 Å². The molecule has 204 valence electrons. The SMILES string of the molecule is Cc1ccc(-c2cc(C(=O)NCCCNC(=O)c3cc(-c4ccc(C)o4)nc4ccccc34)c3ccccc3n2)o1. The van der Waals surface area contributed by atoms with Crippen molar-refractivity contribution in [3.8, 4) is 22.9 Å². The molecule has 0 unspecified atom stereocenters. The Morgan fingerprint density at radius 1 is 0.634 bits per heavy atom. The third-order valence-electron chi connectivity index (χ3n) is 6.83. The number of rotatable bonds is 8. The van der Waals surface area contributed by atoms with Crippen molar-refractivity contribution >= 4 is 33.6 Å². The number of nitrogens with one attached hydrogen (secondary N) is 2. The number of amides is 2. The molecule has 0 fully saturated rings. The zero-order valence-corrected chi connectivity index (χ0v) is 22.7. The molecule has 0 bridgehead atoms. The molecule has 4 heterocycles. The molecular weight excluding hydrogens is 516 g/mol. The number of furan rings is 2. The van der Waals surface area contributed by atoms with Crippen molar-refractivity contribution in [2.24, 2.45) is 0 Å². The molecule has 2 aromatic carbocycles. The molecule has 8 heteroatoms. The summed E-state index contributed by atoms with van der Waals surface area (Å²) in [6.45, 7) is 4.51. The van der Waals surface area contributed by atoms with Gasteiger partial charge >= 0.3 is 0 Å². The Labute approximate surface area is 236 Å². The fourth-order valence-electron chi connectivity index (χ4n) is 4.81. The quantitative estimate of drug-likeness (QED) is 0.213. The molecule has 0 aliphatic heterocycles. The summed E-state index contributed by atoms with van der Waals surface area (Å²) >= 11 is 0. The highest BCUT2D eigenvalue weighted by molar-refractivity contribution is 6.08. The molecule has 2 N–H and O–H groups in total. The number of hydrogen-bond acceptors (Lipinski definition) is 6. The summed E-state index contributed by atoms with van der Waals surface area (Å²) < 4.78 is 11.5. The number of nitrogens with zero attached hydrogens (tertiary/aromatic N) is 2. The van der Waals surface area contributed by atoms with E-state index in [4.69, 9.17) is 8.83 Å². The van der Waals surface area contributed by atoms with E-state index in [1.54, 1.807) is 12.1 Å². The van der Waals surface area contributed by atoms with E-state index in [9.17, 15) is 9.59 Å². The Morgan fingerprint density at radius 2 is 1.07 bits per heavy atom. The van der Waals surface area contributed by atoms with Gasteiger partial charge in [0, 0.05) is 23.9 Å². The number of pyridine rings is 2. The zero-order valence-electron chi connectivity index (χ0n) is 22.7. The summed E-state index contributed by atoms with van der Waals surface area (Å²) in [4.78, 5) is 35.8. The van der Waals surface area contributed by atoms with Crippen LogP contribution in [0.25, 0.3) is 44.7 Å². The van der Waals surface area contributed by atoms with Crippen LogP contribution < -0.4 is 10.6 Å². The molecule has 6 rings (SSSR count). The molecule has 4 aromatic heterocycles. The second kappa shape index (κ2) is 11.1. The summed E-state index contributed by atoms with van der Waals surface area (Å²) in [5.74, 6) is 2.35. The molecular formula is C33H28N4O4. The molecule has 0 radical (unpaired) electrons. The first kappa shape index (κ1) is 26.0. The maximum absolute atomic E-state index is 13.2. The molecule has 0 atom stereocenters. The van der Waals surface area contributed by atoms with E-state index in [-0.39, 0.29) is 11.8 Å². The van der Waals surface area contributed by atoms with E-state index >= 15 is 0 Å². The topological polar surface area (TPSA) is 110 Å². The van der Waals surface area contributed by atoms with Gasteiger partial charge in [-0.05, 0) is 68.8 Å². The lowest BCUT2D eigenvalue weighted by Gasteiger charge is -2.11. The Kier molecular flexibility index (Phi) is 7.04. The minimum atomic E-state index is -0.210. The van der Waals surface area contributed by atoms with Crippen molar-refractivity contribution in [2.45, 2.75) is 20.3 Å². The van der Waals surface area contributed by atoms with Crippen LogP contribution in [0.4, 0.5) is 0 Å². The Bertz CT molecular complexity index is 1770. The number of para-hydroxylation sites is 2. The van der Waals surface area contributed by atoms with Gasteiger partial charge < -0.3 is 19.5 Å². The molecule has 0 saturated carbocycles. The highest BCUT2D eigenvalue weighted by Gasteiger charge is 2.17. The number of fused-ring (bicyclic) bond motifs is 2. The molecule has 8 nitrogen and oxygen atoms in total. The first-order chi connectivity index (χ1) is 20.0. The molecule has 41 heavy (non-hydrogen) atoms. The average Bonchev–Trinajstić information content (AvgIpc) is 3.63. The highest BCUT2D eigenvalue weighted by Crippen LogP contribution is 2.27. The number of aromatic nitrogens is 2. The van der Waals surface area contributed by atoms with Crippen LogP contribution in [0.2, 0.25) is 0 Å². The van der Waals surface area contributed by atoms with Crippen molar-refractivity contribution in [1.82, 2.24) is 20.6 Å². The Morgan fingerprint density at radius 3 is 1.49 bits per heavy atom. The van der Waals surface area contributed by atoms with Crippen LogP contribution in [-0.2, 0) is 0 Å². The van der Waals surface area contributed by atoms with E-state index in [1.165, 1.54) is 0 Å². The van der Waals surface area contributed by atoms with Gasteiger partial charge in [-0.15, -0.1) is 0 Å². The van der Waals surface area contributed by atoms with Gasteiger partial charge in [-0.3, -0.25) is 9.59 Å². The number of benzene rings is 2. The fraction of sp³-hybridized carbons (Fsp3) is 0.152. The highest BCUT2D eigenvalue weighted by atomic mass is 16.3. The summed E-state index contributed by atoms with van der Waals surface area (Å²) in [7, 11) is 0. The fourth-order valence-corrected chi connectivity index (χ4v) is 4.81. The van der Waals surface area contributed by atoms with Gasteiger partial charge in [0.1, 0.15) is 22.9 Å². The minimum Gasteiger partial charge on any atom is -0.460 e. The van der Waals surface area contributed by atoms with Crippen LogP contribution in [0, 0.1) is 13.8 Å². The lowest BCUT2D eigenvalue weighted by Crippen LogP contribution is -2.30. The predicted octanol–water partition coefficient (Wildman–Crippen LogP) is 6.47. The third kappa shape index (κ3) is 5.45. The molecule has 6 aromatic rings. The predicted molar refractivity (Wildman–Crippen MR) is 158 cm³/mol. The van der Waals surface area contributed by atoms with Gasteiger partial charge in [0.05, 0.1) is 22.2 Å². The lowest BCUT2D eigenvalue weighted by atomic mass is 10.1. The third-order valence-corrected chi connectivity index (χ3v) is 6.83. The minimum absolute atomic E-state index is 0.210. The maximum atomic E-state index is 13.2. The molecule has 0 spiro atoms.